The maximum Gasteiger partial charge on any atom is 0.340 e. The highest BCUT2D eigenvalue weighted by atomic mass is 16.5. The average molecular weight is 264 g/mol. The molecule has 0 amide bonds. The molecule has 0 saturated heterocycles. The van der Waals surface area contributed by atoms with Crippen LogP contribution in [-0.2, 0) is 4.74 Å². The Hall–Kier alpha value is -1.78. The second-order valence-electron chi connectivity index (χ2n) is 4.99. The van der Waals surface area contributed by atoms with Gasteiger partial charge in [0, 0.05) is 6.20 Å². The number of anilines is 1. The van der Waals surface area contributed by atoms with Gasteiger partial charge in [-0.25, -0.2) is 9.78 Å². The Morgan fingerprint density at radius 3 is 2.84 bits per heavy atom. The summed E-state index contributed by atoms with van der Waals surface area (Å²) in [5.41, 5.74) is 6.49. The van der Waals surface area contributed by atoms with E-state index < -0.39 is 5.97 Å². The van der Waals surface area contributed by atoms with Crippen molar-refractivity contribution in [1.29, 1.82) is 0 Å². The molecular formula is C14H20N2O3. The van der Waals surface area contributed by atoms with E-state index in [1.807, 2.05) is 0 Å². The fourth-order valence-electron chi connectivity index (χ4n) is 2.44. The molecule has 0 aliphatic heterocycles. The van der Waals surface area contributed by atoms with E-state index in [1.165, 1.54) is 19.7 Å². The third kappa shape index (κ3) is 2.97. The summed E-state index contributed by atoms with van der Waals surface area (Å²) in [6, 6.07) is 1.54. The molecule has 5 nitrogen and oxygen atoms in total. The van der Waals surface area contributed by atoms with Gasteiger partial charge in [0.1, 0.15) is 11.8 Å². The summed E-state index contributed by atoms with van der Waals surface area (Å²) in [5, 5.41) is 0. The Bertz CT molecular complexity index is 462. The van der Waals surface area contributed by atoms with E-state index in [1.54, 1.807) is 6.07 Å². The highest BCUT2D eigenvalue weighted by Gasteiger charge is 2.25. The van der Waals surface area contributed by atoms with Gasteiger partial charge in [-0.15, -0.1) is 0 Å². The molecule has 5 heteroatoms. The van der Waals surface area contributed by atoms with E-state index in [0.29, 0.717) is 17.4 Å². The predicted octanol–water partition coefficient (Wildman–Crippen LogP) is 2.41. The SMILES string of the molecule is COC(=O)c1ccnc(OC2CCCCC2C)c1N. The number of aromatic nitrogens is 1. The number of carbonyl (C=O) groups excluding carboxylic acids is 1. The quantitative estimate of drug-likeness (QED) is 0.848. The molecule has 2 unspecified atom stereocenters. The zero-order valence-electron chi connectivity index (χ0n) is 11.4. The molecule has 2 N–H and O–H groups in total. The monoisotopic (exact) mass is 264 g/mol. The van der Waals surface area contributed by atoms with Crippen LogP contribution in [0, 0.1) is 5.92 Å². The van der Waals surface area contributed by atoms with Crippen molar-refractivity contribution >= 4 is 11.7 Å². The van der Waals surface area contributed by atoms with Crippen molar-refractivity contribution in [2.24, 2.45) is 5.92 Å². The topological polar surface area (TPSA) is 74.4 Å². The summed E-state index contributed by atoms with van der Waals surface area (Å²) in [4.78, 5) is 15.7. The number of hydrogen-bond donors (Lipinski definition) is 1. The maximum atomic E-state index is 11.6. The van der Waals surface area contributed by atoms with Gasteiger partial charge in [-0.05, 0) is 31.2 Å². The van der Waals surface area contributed by atoms with Crippen LogP contribution < -0.4 is 10.5 Å². The van der Waals surface area contributed by atoms with E-state index in [4.69, 9.17) is 10.5 Å². The lowest BCUT2D eigenvalue weighted by Crippen LogP contribution is -2.29. The van der Waals surface area contributed by atoms with Crippen LogP contribution in [0.4, 0.5) is 5.69 Å². The van der Waals surface area contributed by atoms with E-state index in [9.17, 15) is 4.79 Å². The first-order valence-corrected chi connectivity index (χ1v) is 6.63. The van der Waals surface area contributed by atoms with Crippen LogP contribution in [0.25, 0.3) is 0 Å². The van der Waals surface area contributed by atoms with Crippen LogP contribution in [0.15, 0.2) is 12.3 Å². The van der Waals surface area contributed by atoms with E-state index >= 15 is 0 Å². The number of rotatable bonds is 3. The molecular weight excluding hydrogens is 244 g/mol. The molecule has 2 rings (SSSR count). The largest absolute Gasteiger partial charge is 0.473 e. The minimum absolute atomic E-state index is 0.122. The average Bonchev–Trinajstić information content (AvgIpc) is 2.42. The lowest BCUT2D eigenvalue weighted by Gasteiger charge is -2.29. The van der Waals surface area contributed by atoms with Gasteiger partial charge in [-0.2, -0.15) is 0 Å². The van der Waals surface area contributed by atoms with Crippen LogP contribution >= 0.6 is 0 Å². The number of ether oxygens (including phenoxy) is 2. The lowest BCUT2D eigenvalue weighted by molar-refractivity contribution is 0.0599. The summed E-state index contributed by atoms with van der Waals surface area (Å²) in [6.45, 7) is 2.17. The van der Waals surface area contributed by atoms with Gasteiger partial charge >= 0.3 is 5.97 Å². The fraction of sp³-hybridized carbons (Fsp3) is 0.571. The zero-order chi connectivity index (χ0) is 13.8. The molecule has 0 bridgehead atoms. The van der Waals surface area contributed by atoms with Crippen molar-refractivity contribution in [3.05, 3.63) is 17.8 Å². The van der Waals surface area contributed by atoms with Gasteiger partial charge in [0.25, 0.3) is 0 Å². The summed E-state index contributed by atoms with van der Waals surface area (Å²) in [6.07, 6.45) is 6.20. The number of hydrogen-bond acceptors (Lipinski definition) is 5. The number of pyridine rings is 1. The third-order valence-electron chi connectivity index (χ3n) is 3.65. The van der Waals surface area contributed by atoms with Gasteiger partial charge in [0.05, 0.1) is 12.7 Å². The van der Waals surface area contributed by atoms with Crippen LogP contribution in [0.3, 0.4) is 0 Å². The van der Waals surface area contributed by atoms with Crippen LogP contribution in [-0.4, -0.2) is 24.2 Å². The molecule has 1 heterocycles. The highest BCUT2D eigenvalue weighted by Crippen LogP contribution is 2.30. The molecule has 1 saturated carbocycles. The predicted molar refractivity (Wildman–Crippen MR) is 72.0 cm³/mol. The third-order valence-corrected chi connectivity index (χ3v) is 3.65. The van der Waals surface area contributed by atoms with Crippen molar-refractivity contribution in [2.45, 2.75) is 38.7 Å². The van der Waals surface area contributed by atoms with E-state index in [-0.39, 0.29) is 11.8 Å². The van der Waals surface area contributed by atoms with Gasteiger partial charge < -0.3 is 15.2 Å². The Kier molecular flexibility index (Phi) is 4.24. The lowest BCUT2D eigenvalue weighted by atomic mass is 9.88. The number of nitrogens with zero attached hydrogens (tertiary/aromatic N) is 1. The number of nitrogen functional groups attached to an aromatic ring is 1. The number of esters is 1. The summed E-state index contributed by atoms with van der Waals surface area (Å²) >= 11 is 0. The van der Waals surface area contributed by atoms with Crippen molar-refractivity contribution in [3.8, 4) is 5.88 Å². The van der Waals surface area contributed by atoms with Crippen LogP contribution in [0.5, 0.6) is 5.88 Å². The maximum absolute atomic E-state index is 11.6. The second kappa shape index (κ2) is 5.91. The van der Waals surface area contributed by atoms with Gasteiger partial charge in [-0.3, -0.25) is 0 Å². The molecule has 1 aliphatic carbocycles. The minimum atomic E-state index is -0.471. The first-order chi connectivity index (χ1) is 9.13. The van der Waals surface area contributed by atoms with Crippen molar-refractivity contribution in [3.63, 3.8) is 0 Å². The molecule has 19 heavy (non-hydrogen) atoms. The Morgan fingerprint density at radius 1 is 1.42 bits per heavy atom. The normalized spacial score (nSPS) is 22.8. The molecule has 0 radical (unpaired) electrons. The molecule has 0 spiro atoms. The number of methoxy groups -OCH3 is 1. The first kappa shape index (κ1) is 13.6. The van der Waals surface area contributed by atoms with Crippen molar-refractivity contribution in [2.75, 3.05) is 12.8 Å². The fourth-order valence-corrected chi connectivity index (χ4v) is 2.44. The van der Waals surface area contributed by atoms with E-state index in [0.717, 1.165) is 19.3 Å². The van der Waals surface area contributed by atoms with Gasteiger partial charge in [0.2, 0.25) is 5.88 Å². The van der Waals surface area contributed by atoms with Gasteiger partial charge in [0.15, 0.2) is 0 Å². The highest BCUT2D eigenvalue weighted by molar-refractivity contribution is 5.95. The standard InChI is InChI=1S/C14H20N2O3/c1-9-5-3-4-6-11(9)19-13-12(15)10(7-8-16-13)14(17)18-2/h7-9,11H,3-6,15H2,1-2H3. The molecule has 1 fully saturated rings. The smallest absolute Gasteiger partial charge is 0.340 e. The summed E-state index contributed by atoms with van der Waals surface area (Å²) in [5.74, 6) is 0.347. The Morgan fingerprint density at radius 2 is 2.16 bits per heavy atom. The number of nitrogens with two attached hydrogens (primary N) is 1. The zero-order valence-corrected chi connectivity index (χ0v) is 11.4. The molecule has 1 aliphatic rings. The molecule has 2 atom stereocenters. The minimum Gasteiger partial charge on any atom is -0.473 e. The second-order valence-corrected chi connectivity index (χ2v) is 4.99. The summed E-state index contributed by atoms with van der Waals surface area (Å²) < 4.78 is 10.6. The molecule has 1 aromatic rings. The van der Waals surface area contributed by atoms with Gasteiger partial charge in [-0.1, -0.05) is 13.3 Å². The number of carbonyl (C=O) groups is 1. The molecule has 1 aromatic heterocycles. The first-order valence-electron chi connectivity index (χ1n) is 6.63. The Balaban J connectivity index is 2.18. The van der Waals surface area contributed by atoms with Crippen LogP contribution in [0.2, 0.25) is 0 Å². The van der Waals surface area contributed by atoms with Crippen molar-refractivity contribution in [1.82, 2.24) is 4.98 Å². The Labute approximate surface area is 113 Å². The molecule has 0 aromatic carbocycles. The molecule has 104 valence electrons. The van der Waals surface area contributed by atoms with E-state index in [2.05, 4.69) is 16.6 Å². The van der Waals surface area contributed by atoms with Crippen LogP contribution in [0.1, 0.15) is 43.0 Å². The summed E-state index contributed by atoms with van der Waals surface area (Å²) in [7, 11) is 1.33. The van der Waals surface area contributed by atoms with Crippen molar-refractivity contribution < 1.29 is 14.3 Å².